The van der Waals surface area contributed by atoms with Gasteiger partial charge in [-0.2, -0.15) is 0 Å². The van der Waals surface area contributed by atoms with Gasteiger partial charge in [0.05, 0.1) is 5.92 Å². The van der Waals surface area contributed by atoms with Gasteiger partial charge < -0.3 is 14.6 Å². The van der Waals surface area contributed by atoms with E-state index in [2.05, 4.69) is 6.58 Å². The molecule has 0 radical (unpaired) electrons. The third-order valence-electron chi connectivity index (χ3n) is 6.19. The molecule has 6 atom stereocenters. The molecule has 1 N–H and O–H groups in total. The van der Waals surface area contributed by atoms with E-state index in [-0.39, 0.29) is 29.9 Å². The number of carbonyl (C=O) groups is 2. The first-order chi connectivity index (χ1) is 10.2. The fourth-order valence-electron chi connectivity index (χ4n) is 4.75. The van der Waals surface area contributed by atoms with E-state index in [0.29, 0.717) is 24.8 Å². The Kier molecular flexibility index (Phi) is 3.40. The molecule has 2 aliphatic carbocycles. The van der Waals surface area contributed by atoms with Gasteiger partial charge in [0.1, 0.15) is 17.8 Å². The molecular weight excluding hydrogens is 284 g/mol. The highest BCUT2D eigenvalue weighted by Gasteiger charge is 2.68. The first-order valence-electron chi connectivity index (χ1n) is 8.00. The molecule has 3 fully saturated rings. The molecule has 1 unspecified atom stereocenters. The molecular formula is C17H24O5. The summed E-state index contributed by atoms with van der Waals surface area (Å²) in [7, 11) is 0. The van der Waals surface area contributed by atoms with Gasteiger partial charge >= 0.3 is 11.9 Å². The molecule has 0 aromatic rings. The zero-order valence-corrected chi connectivity index (χ0v) is 13.4. The molecule has 3 rings (SSSR count). The van der Waals surface area contributed by atoms with E-state index in [0.717, 1.165) is 6.42 Å². The highest BCUT2D eigenvalue weighted by molar-refractivity contribution is 5.75. The summed E-state index contributed by atoms with van der Waals surface area (Å²) in [5, 5.41) is 11.5. The molecule has 5 nitrogen and oxygen atoms in total. The van der Waals surface area contributed by atoms with Gasteiger partial charge in [0.25, 0.3) is 0 Å². The molecule has 0 spiro atoms. The Hall–Kier alpha value is -1.36. The van der Waals surface area contributed by atoms with Crippen LogP contribution in [0.3, 0.4) is 0 Å². The van der Waals surface area contributed by atoms with Crippen LogP contribution < -0.4 is 0 Å². The largest absolute Gasteiger partial charge is 0.462 e. The van der Waals surface area contributed by atoms with Crippen LogP contribution in [0.1, 0.15) is 46.5 Å². The van der Waals surface area contributed by atoms with Crippen molar-refractivity contribution < 1.29 is 24.2 Å². The Morgan fingerprint density at radius 3 is 2.77 bits per heavy atom. The minimum atomic E-state index is -1.32. The molecule has 3 aliphatic rings. The standard InChI is InChI=1S/C17H24O5/c1-9-5-6-13(21-11(3)18)16(4)8-7-12-10(2)15(19)22-14(12)17(9,16)20/h10,12-14,20H,1,5-8H2,2-4H3/t10-,12?,13+,14-,16-,17-/m0/s1. The van der Waals surface area contributed by atoms with Crippen molar-refractivity contribution in [2.24, 2.45) is 17.3 Å². The quantitative estimate of drug-likeness (QED) is 0.592. The van der Waals surface area contributed by atoms with Gasteiger partial charge in [0, 0.05) is 18.3 Å². The van der Waals surface area contributed by atoms with Crippen LogP contribution in [-0.4, -0.2) is 34.9 Å². The van der Waals surface area contributed by atoms with Gasteiger partial charge in [-0.15, -0.1) is 0 Å². The number of rotatable bonds is 1. The summed E-state index contributed by atoms with van der Waals surface area (Å²) < 4.78 is 11.0. The third kappa shape index (κ3) is 1.81. The molecule has 0 amide bonds. The summed E-state index contributed by atoms with van der Waals surface area (Å²) in [5.41, 5.74) is -1.30. The lowest BCUT2D eigenvalue weighted by atomic mass is 9.51. The summed E-state index contributed by atoms with van der Waals surface area (Å²) in [6, 6.07) is 0. The Morgan fingerprint density at radius 1 is 1.45 bits per heavy atom. The van der Waals surface area contributed by atoms with Crippen molar-refractivity contribution in [2.75, 3.05) is 0 Å². The summed E-state index contributed by atoms with van der Waals surface area (Å²) in [5.74, 6) is -0.811. The predicted octanol–water partition coefficient (Wildman–Crippen LogP) is 1.98. The van der Waals surface area contributed by atoms with Crippen LogP contribution in [0.4, 0.5) is 0 Å². The maximum atomic E-state index is 12.0. The molecule has 22 heavy (non-hydrogen) atoms. The molecule has 5 heteroatoms. The number of fused-ring (bicyclic) bond motifs is 3. The van der Waals surface area contributed by atoms with Crippen LogP contribution >= 0.6 is 0 Å². The lowest BCUT2D eigenvalue weighted by Gasteiger charge is -2.58. The van der Waals surface area contributed by atoms with E-state index in [1.54, 1.807) is 0 Å². The highest BCUT2D eigenvalue weighted by Crippen LogP contribution is 2.60. The fraction of sp³-hybridized carbons (Fsp3) is 0.765. The van der Waals surface area contributed by atoms with E-state index in [4.69, 9.17) is 9.47 Å². The second-order valence-electron chi connectivity index (χ2n) is 7.27. The summed E-state index contributed by atoms with van der Waals surface area (Å²) in [6.07, 6.45) is 1.72. The van der Waals surface area contributed by atoms with Crippen molar-refractivity contribution in [1.82, 2.24) is 0 Å². The van der Waals surface area contributed by atoms with Gasteiger partial charge in [-0.05, 0) is 31.3 Å². The fourth-order valence-corrected chi connectivity index (χ4v) is 4.75. The maximum Gasteiger partial charge on any atom is 0.309 e. The van der Waals surface area contributed by atoms with Crippen LogP contribution in [0.25, 0.3) is 0 Å². The van der Waals surface area contributed by atoms with Crippen LogP contribution in [0.5, 0.6) is 0 Å². The normalized spacial score (nSPS) is 47.5. The summed E-state index contributed by atoms with van der Waals surface area (Å²) in [6.45, 7) is 9.23. The van der Waals surface area contributed by atoms with Crippen molar-refractivity contribution in [3.05, 3.63) is 12.2 Å². The van der Waals surface area contributed by atoms with Crippen molar-refractivity contribution in [3.8, 4) is 0 Å². The van der Waals surface area contributed by atoms with Crippen molar-refractivity contribution in [1.29, 1.82) is 0 Å². The van der Waals surface area contributed by atoms with Gasteiger partial charge in [-0.25, -0.2) is 0 Å². The minimum absolute atomic E-state index is 0.00148. The van der Waals surface area contributed by atoms with Gasteiger partial charge in [-0.1, -0.05) is 20.4 Å². The zero-order chi connectivity index (χ0) is 16.3. The first kappa shape index (κ1) is 15.5. The Labute approximate surface area is 130 Å². The molecule has 0 aromatic carbocycles. The number of esters is 2. The Morgan fingerprint density at radius 2 is 2.14 bits per heavy atom. The van der Waals surface area contributed by atoms with Gasteiger partial charge in [0.2, 0.25) is 0 Å². The number of aliphatic hydroxyl groups is 1. The van der Waals surface area contributed by atoms with E-state index >= 15 is 0 Å². The van der Waals surface area contributed by atoms with Crippen LogP contribution in [0.15, 0.2) is 12.2 Å². The van der Waals surface area contributed by atoms with E-state index in [9.17, 15) is 14.7 Å². The summed E-state index contributed by atoms with van der Waals surface area (Å²) >= 11 is 0. The molecule has 0 bridgehead atoms. The van der Waals surface area contributed by atoms with Crippen molar-refractivity contribution >= 4 is 11.9 Å². The first-order valence-corrected chi connectivity index (χ1v) is 8.00. The van der Waals surface area contributed by atoms with Crippen LogP contribution in [-0.2, 0) is 19.1 Å². The monoisotopic (exact) mass is 308 g/mol. The smallest absolute Gasteiger partial charge is 0.309 e. The Bertz CT molecular complexity index is 541. The number of hydrogen-bond acceptors (Lipinski definition) is 5. The SMILES string of the molecule is C=C1CC[C@@H](OC(C)=O)[C@]2(C)CCC3[C@H](C)C(=O)O[C@@H]3[C@@]12O. The van der Waals surface area contributed by atoms with Crippen molar-refractivity contribution in [3.63, 3.8) is 0 Å². The molecule has 1 heterocycles. The molecule has 1 aliphatic heterocycles. The van der Waals surface area contributed by atoms with E-state index in [1.165, 1.54) is 6.92 Å². The lowest BCUT2D eigenvalue weighted by Crippen LogP contribution is -2.67. The minimum Gasteiger partial charge on any atom is -0.462 e. The van der Waals surface area contributed by atoms with Gasteiger partial charge in [-0.3, -0.25) is 9.59 Å². The predicted molar refractivity (Wildman–Crippen MR) is 78.8 cm³/mol. The average Bonchev–Trinajstić information content (AvgIpc) is 2.73. The molecule has 2 saturated carbocycles. The molecule has 122 valence electrons. The van der Waals surface area contributed by atoms with E-state index < -0.39 is 17.1 Å². The number of ether oxygens (including phenoxy) is 2. The second-order valence-corrected chi connectivity index (χ2v) is 7.27. The van der Waals surface area contributed by atoms with Gasteiger partial charge in [0.15, 0.2) is 0 Å². The third-order valence-corrected chi connectivity index (χ3v) is 6.19. The lowest BCUT2D eigenvalue weighted by molar-refractivity contribution is -0.224. The maximum absolute atomic E-state index is 12.0. The number of hydrogen-bond donors (Lipinski definition) is 1. The molecule has 0 aromatic heterocycles. The summed E-state index contributed by atoms with van der Waals surface area (Å²) in [4.78, 5) is 23.4. The van der Waals surface area contributed by atoms with Crippen LogP contribution in [0, 0.1) is 17.3 Å². The molecule has 1 saturated heterocycles. The highest BCUT2D eigenvalue weighted by atomic mass is 16.6. The van der Waals surface area contributed by atoms with Crippen LogP contribution in [0.2, 0.25) is 0 Å². The zero-order valence-electron chi connectivity index (χ0n) is 13.4. The topological polar surface area (TPSA) is 72.8 Å². The second kappa shape index (κ2) is 4.82. The average molecular weight is 308 g/mol. The number of carbonyl (C=O) groups excluding carboxylic acids is 2. The van der Waals surface area contributed by atoms with Crippen molar-refractivity contribution in [2.45, 2.75) is 64.3 Å². The Balaban J connectivity index is 2.03. The van der Waals surface area contributed by atoms with E-state index in [1.807, 2.05) is 13.8 Å².